The molecule has 0 aromatic heterocycles. The first-order chi connectivity index (χ1) is 11.0. The van der Waals surface area contributed by atoms with Crippen LogP contribution in [0.25, 0.3) is 0 Å². The van der Waals surface area contributed by atoms with E-state index in [4.69, 9.17) is 9.47 Å². The highest BCUT2D eigenvalue weighted by Crippen LogP contribution is 2.28. The number of ether oxygens (including phenoxy) is 2. The molecular weight excluding hydrogens is 298 g/mol. The Morgan fingerprint density at radius 2 is 2.17 bits per heavy atom. The van der Waals surface area contributed by atoms with Gasteiger partial charge in [0.15, 0.2) is 18.1 Å². The van der Waals surface area contributed by atoms with Gasteiger partial charge in [0.2, 0.25) is 0 Å². The predicted molar refractivity (Wildman–Crippen MR) is 85.9 cm³/mol. The average Bonchev–Trinajstić information content (AvgIpc) is 2.58. The summed E-state index contributed by atoms with van der Waals surface area (Å²) in [5.41, 5.74) is 0.545. The standard InChI is InChI=1S/C16H23N3O4/c1-11-9-19(7-6-18-11)16(21)12-4-5-13(14(8-12)22-3)23-10-15(20)17-2/h4-5,8,11,18H,6-7,9-10H2,1-3H3,(H,17,20)/t11-/m0/s1. The van der Waals surface area contributed by atoms with Crippen LogP contribution in [-0.2, 0) is 4.79 Å². The molecule has 7 nitrogen and oxygen atoms in total. The Balaban J connectivity index is 2.11. The van der Waals surface area contributed by atoms with Gasteiger partial charge in [0.25, 0.3) is 11.8 Å². The van der Waals surface area contributed by atoms with Gasteiger partial charge in [-0.05, 0) is 25.1 Å². The number of nitrogens with zero attached hydrogens (tertiary/aromatic N) is 1. The number of amides is 2. The number of methoxy groups -OCH3 is 1. The molecule has 0 aliphatic carbocycles. The van der Waals surface area contributed by atoms with E-state index in [2.05, 4.69) is 17.6 Å². The van der Waals surface area contributed by atoms with E-state index in [1.54, 1.807) is 25.2 Å². The highest BCUT2D eigenvalue weighted by molar-refractivity contribution is 5.95. The molecule has 126 valence electrons. The molecule has 1 fully saturated rings. The molecule has 7 heteroatoms. The SMILES string of the molecule is CNC(=O)COc1ccc(C(=O)N2CCN[C@@H](C)C2)cc1OC. The number of piperazine rings is 1. The molecule has 2 rings (SSSR count). The maximum Gasteiger partial charge on any atom is 0.257 e. The van der Waals surface area contributed by atoms with Crippen LogP contribution in [0.1, 0.15) is 17.3 Å². The quantitative estimate of drug-likeness (QED) is 0.813. The fourth-order valence-corrected chi connectivity index (χ4v) is 2.43. The maximum absolute atomic E-state index is 12.6. The molecule has 1 aliphatic heterocycles. The van der Waals surface area contributed by atoms with Crippen LogP contribution in [0.15, 0.2) is 18.2 Å². The van der Waals surface area contributed by atoms with Gasteiger partial charge in [-0.2, -0.15) is 0 Å². The minimum atomic E-state index is -0.234. The third-order valence-electron chi connectivity index (χ3n) is 3.70. The van der Waals surface area contributed by atoms with Crippen molar-refractivity contribution in [1.29, 1.82) is 0 Å². The van der Waals surface area contributed by atoms with E-state index in [1.165, 1.54) is 7.11 Å². The molecule has 1 heterocycles. The van der Waals surface area contributed by atoms with Crippen LogP contribution in [0, 0.1) is 0 Å². The van der Waals surface area contributed by atoms with Gasteiger partial charge in [0, 0.05) is 38.3 Å². The Labute approximate surface area is 135 Å². The second kappa shape index (κ2) is 7.82. The third kappa shape index (κ3) is 4.35. The first-order valence-corrected chi connectivity index (χ1v) is 7.59. The summed E-state index contributed by atoms with van der Waals surface area (Å²) in [5, 5.41) is 5.78. The summed E-state index contributed by atoms with van der Waals surface area (Å²) in [6, 6.07) is 5.27. The highest BCUT2D eigenvalue weighted by atomic mass is 16.5. The van der Waals surface area contributed by atoms with Gasteiger partial charge >= 0.3 is 0 Å². The summed E-state index contributed by atoms with van der Waals surface area (Å²) >= 11 is 0. The fourth-order valence-electron chi connectivity index (χ4n) is 2.43. The van der Waals surface area contributed by atoms with Crippen molar-refractivity contribution < 1.29 is 19.1 Å². The van der Waals surface area contributed by atoms with Crippen molar-refractivity contribution >= 4 is 11.8 Å². The first-order valence-electron chi connectivity index (χ1n) is 7.59. The van der Waals surface area contributed by atoms with Crippen LogP contribution in [0.4, 0.5) is 0 Å². The first kappa shape index (κ1) is 17.1. The van der Waals surface area contributed by atoms with Crippen LogP contribution in [0.5, 0.6) is 11.5 Å². The lowest BCUT2D eigenvalue weighted by atomic mass is 10.1. The Hall–Kier alpha value is -2.28. The second-order valence-corrected chi connectivity index (χ2v) is 5.43. The van der Waals surface area contributed by atoms with Crippen molar-refractivity contribution in [3.63, 3.8) is 0 Å². The summed E-state index contributed by atoms with van der Waals surface area (Å²) in [6.07, 6.45) is 0. The van der Waals surface area contributed by atoms with Crippen LogP contribution in [-0.4, -0.2) is 63.2 Å². The van der Waals surface area contributed by atoms with Crippen molar-refractivity contribution in [2.75, 3.05) is 40.4 Å². The molecular formula is C16H23N3O4. The number of hydrogen-bond donors (Lipinski definition) is 2. The monoisotopic (exact) mass is 321 g/mol. The normalized spacial score (nSPS) is 17.5. The van der Waals surface area contributed by atoms with Gasteiger partial charge in [-0.1, -0.05) is 0 Å². The van der Waals surface area contributed by atoms with Gasteiger partial charge in [-0.3, -0.25) is 9.59 Å². The fraction of sp³-hybridized carbons (Fsp3) is 0.500. The molecule has 1 atom stereocenters. The van der Waals surface area contributed by atoms with Crippen molar-refractivity contribution in [3.8, 4) is 11.5 Å². The number of carbonyl (C=O) groups is 2. The summed E-state index contributed by atoms with van der Waals surface area (Å²) in [7, 11) is 3.04. The molecule has 1 aromatic rings. The molecule has 1 saturated heterocycles. The average molecular weight is 321 g/mol. The number of likely N-dealkylation sites (N-methyl/N-ethyl adjacent to an activating group) is 1. The maximum atomic E-state index is 12.6. The molecule has 0 radical (unpaired) electrons. The predicted octanol–water partition coefficient (Wildman–Crippen LogP) is 0.254. The summed E-state index contributed by atoms with van der Waals surface area (Å²) in [4.78, 5) is 25.6. The zero-order valence-corrected chi connectivity index (χ0v) is 13.7. The molecule has 2 amide bonds. The van der Waals surface area contributed by atoms with Gasteiger partial charge in [0.1, 0.15) is 0 Å². The number of hydrogen-bond acceptors (Lipinski definition) is 5. The molecule has 2 N–H and O–H groups in total. The Kier molecular flexibility index (Phi) is 5.81. The zero-order chi connectivity index (χ0) is 16.8. The van der Waals surface area contributed by atoms with E-state index in [0.29, 0.717) is 30.2 Å². The van der Waals surface area contributed by atoms with E-state index in [9.17, 15) is 9.59 Å². The Bertz CT molecular complexity index is 576. The number of nitrogens with one attached hydrogen (secondary N) is 2. The van der Waals surface area contributed by atoms with E-state index >= 15 is 0 Å². The van der Waals surface area contributed by atoms with Crippen LogP contribution >= 0.6 is 0 Å². The van der Waals surface area contributed by atoms with E-state index < -0.39 is 0 Å². The van der Waals surface area contributed by atoms with Gasteiger partial charge in [0.05, 0.1) is 7.11 Å². The largest absolute Gasteiger partial charge is 0.493 e. The summed E-state index contributed by atoms with van der Waals surface area (Å²) in [5.74, 6) is 0.598. The summed E-state index contributed by atoms with van der Waals surface area (Å²) in [6.45, 7) is 4.10. The lowest BCUT2D eigenvalue weighted by Gasteiger charge is -2.32. The minimum absolute atomic E-state index is 0.0329. The van der Waals surface area contributed by atoms with Crippen LogP contribution in [0.3, 0.4) is 0 Å². The van der Waals surface area contributed by atoms with Crippen LogP contribution in [0.2, 0.25) is 0 Å². The molecule has 1 aliphatic rings. The van der Waals surface area contributed by atoms with E-state index in [0.717, 1.165) is 6.54 Å². The molecule has 23 heavy (non-hydrogen) atoms. The molecule has 1 aromatic carbocycles. The van der Waals surface area contributed by atoms with E-state index in [-0.39, 0.29) is 24.5 Å². The van der Waals surface area contributed by atoms with E-state index in [1.807, 2.05) is 4.90 Å². The third-order valence-corrected chi connectivity index (χ3v) is 3.70. The Morgan fingerprint density at radius 3 is 2.83 bits per heavy atom. The van der Waals surface area contributed by atoms with Crippen molar-refractivity contribution in [2.24, 2.45) is 0 Å². The lowest BCUT2D eigenvalue weighted by molar-refractivity contribution is -0.122. The van der Waals surface area contributed by atoms with Gasteiger partial charge in [-0.25, -0.2) is 0 Å². The number of carbonyl (C=O) groups excluding carboxylic acids is 2. The number of rotatable bonds is 5. The van der Waals surface area contributed by atoms with Crippen molar-refractivity contribution in [1.82, 2.24) is 15.5 Å². The zero-order valence-electron chi connectivity index (χ0n) is 13.7. The Morgan fingerprint density at radius 1 is 1.39 bits per heavy atom. The highest BCUT2D eigenvalue weighted by Gasteiger charge is 2.22. The molecule has 0 bridgehead atoms. The minimum Gasteiger partial charge on any atom is -0.493 e. The second-order valence-electron chi connectivity index (χ2n) is 5.43. The topological polar surface area (TPSA) is 79.9 Å². The summed E-state index contributed by atoms with van der Waals surface area (Å²) < 4.78 is 10.7. The molecule has 0 spiro atoms. The van der Waals surface area contributed by atoms with Gasteiger partial charge in [-0.15, -0.1) is 0 Å². The lowest BCUT2D eigenvalue weighted by Crippen LogP contribution is -2.51. The van der Waals surface area contributed by atoms with Crippen LogP contribution < -0.4 is 20.1 Å². The van der Waals surface area contributed by atoms with Gasteiger partial charge < -0.3 is 25.0 Å². The smallest absolute Gasteiger partial charge is 0.257 e. The van der Waals surface area contributed by atoms with Crippen molar-refractivity contribution in [3.05, 3.63) is 23.8 Å². The molecule has 0 saturated carbocycles. The molecule has 0 unspecified atom stereocenters. The number of benzene rings is 1. The van der Waals surface area contributed by atoms with Crippen molar-refractivity contribution in [2.45, 2.75) is 13.0 Å².